The lowest BCUT2D eigenvalue weighted by atomic mass is 10.2. The molecule has 1 aliphatic heterocycles. The number of piperazine rings is 1. The van der Waals surface area contributed by atoms with Gasteiger partial charge in [-0.3, -0.25) is 4.90 Å². The number of benzene rings is 2. The molecule has 0 bridgehead atoms. The highest BCUT2D eigenvalue weighted by Gasteiger charge is 2.28. The maximum atomic E-state index is 13.8. The van der Waals surface area contributed by atoms with Crippen molar-refractivity contribution in [3.8, 4) is 0 Å². The summed E-state index contributed by atoms with van der Waals surface area (Å²) in [5.74, 6) is -1.70. The molecule has 0 atom stereocenters. The molecule has 25 heavy (non-hydrogen) atoms. The molecular weight excluding hydrogens is 346 g/mol. The summed E-state index contributed by atoms with van der Waals surface area (Å²) in [6.07, 6.45) is 0. The maximum absolute atomic E-state index is 13.8. The second-order valence-electron chi connectivity index (χ2n) is 6.21. The number of hydrogen-bond acceptors (Lipinski definition) is 3. The molecule has 0 aliphatic carbocycles. The van der Waals surface area contributed by atoms with Crippen LogP contribution in [0.1, 0.15) is 11.1 Å². The SMILES string of the molecule is Cc1ccc(S(=O)(=O)N2CCN(Cc3cccc(F)c3F)CC2)cc1. The lowest BCUT2D eigenvalue weighted by Crippen LogP contribution is -2.48. The van der Waals surface area contributed by atoms with E-state index in [1.165, 1.54) is 10.4 Å². The predicted molar refractivity (Wildman–Crippen MR) is 91.6 cm³/mol. The zero-order valence-electron chi connectivity index (χ0n) is 14.0. The van der Waals surface area contributed by atoms with Gasteiger partial charge in [-0.05, 0) is 25.1 Å². The Bertz CT molecular complexity index is 846. The number of halogens is 2. The Labute approximate surface area is 146 Å². The Morgan fingerprint density at radius 3 is 2.24 bits per heavy atom. The molecule has 0 spiro atoms. The van der Waals surface area contributed by atoms with Crippen LogP contribution in [0.15, 0.2) is 47.4 Å². The van der Waals surface area contributed by atoms with E-state index < -0.39 is 21.7 Å². The molecule has 134 valence electrons. The van der Waals surface area contributed by atoms with Gasteiger partial charge in [-0.2, -0.15) is 4.31 Å². The topological polar surface area (TPSA) is 40.6 Å². The Morgan fingerprint density at radius 2 is 1.60 bits per heavy atom. The zero-order chi connectivity index (χ0) is 18.0. The van der Waals surface area contributed by atoms with E-state index in [2.05, 4.69) is 0 Å². The molecule has 0 unspecified atom stereocenters. The molecule has 3 rings (SSSR count). The average Bonchev–Trinajstić information content (AvgIpc) is 2.60. The molecule has 2 aromatic carbocycles. The van der Waals surface area contributed by atoms with Crippen LogP contribution in [0.25, 0.3) is 0 Å². The molecule has 1 fully saturated rings. The van der Waals surface area contributed by atoms with Crippen molar-refractivity contribution in [2.24, 2.45) is 0 Å². The van der Waals surface area contributed by atoms with Crippen molar-refractivity contribution in [2.75, 3.05) is 26.2 Å². The third kappa shape index (κ3) is 3.89. The molecule has 7 heteroatoms. The molecule has 1 aliphatic rings. The minimum atomic E-state index is -3.52. The van der Waals surface area contributed by atoms with Crippen LogP contribution >= 0.6 is 0 Å². The van der Waals surface area contributed by atoms with Gasteiger partial charge in [-0.1, -0.05) is 29.8 Å². The van der Waals surface area contributed by atoms with Crippen LogP contribution in [-0.4, -0.2) is 43.8 Å². The number of rotatable bonds is 4. The van der Waals surface area contributed by atoms with Crippen molar-refractivity contribution in [2.45, 2.75) is 18.4 Å². The van der Waals surface area contributed by atoms with Gasteiger partial charge in [0.1, 0.15) is 0 Å². The third-order valence-corrected chi connectivity index (χ3v) is 6.33. The van der Waals surface area contributed by atoms with Crippen molar-refractivity contribution >= 4 is 10.0 Å². The summed E-state index contributed by atoms with van der Waals surface area (Å²) in [5.41, 5.74) is 1.29. The van der Waals surface area contributed by atoms with Gasteiger partial charge in [-0.15, -0.1) is 0 Å². The fourth-order valence-electron chi connectivity index (χ4n) is 2.90. The summed E-state index contributed by atoms with van der Waals surface area (Å²) in [6.45, 7) is 3.77. The van der Waals surface area contributed by atoms with Gasteiger partial charge in [0, 0.05) is 38.3 Å². The Hall–Kier alpha value is -1.83. The Balaban J connectivity index is 1.65. The molecule has 1 heterocycles. The molecule has 4 nitrogen and oxygen atoms in total. The molecule has 0 N–H and O–H groups in total. The highest BCUT2D eigenvalue weighted by atomic mass is 32.2. The monoisotopic (exact) mass is 366 g/mol. The average molecular weight is 366 g/mol. The van der Waals surface area contributed by atoms with E-state index >= 15 is 0 Å². The van der Waals surface area contributed by atoms with Crippen molar-refractivity contribution < 1.29 is 17.2 Å². The molecule has 0 radical (unpaired) electrons. The van der Waals surface area contributed by atoms with E-state index in [4.69, 9.17) is 0 Å². The summed E-state index contributed by atoms with van der Waals surface area (Å²) >= 11 is 0. The van der Waals surface area contributed by atoms with E-state index in [1.807, 2.05) is 11.8 Å². The second-order valence-corrected chi connectivity index (χ2v) is 8.14. The van der Waals surface area contributed by atoms with Crippen LogP contribution in [0, 0.1) is 18.6 Å². The van der Waals surface area contributed by atoms with E-state index in [1.54, 1.807) is 30.3 Å². The molecule has 0 aromatic heterocycles. The molecule has 0 saturated carbocycles. The summed E-state index contributed by atoms with van der Waals surface area (Å²) in [7, 11) is -3.52. The summed E-state index contributed by atoms with van der Waals surface area (Å²) < 4.78 is 53.8. The van der Waals surface area contributed by atoms with Crippen LogP contribution in [0.2, 0.25) is 0 Å². The van der Waals surface area contributed by atoms with Gasteiger partial charge in [0.15, 0.2) is 11.6 Å². The van der Waals surface area contributed by atoms with Gasteiger partial charge in [0.25, 0.3) is 0 Å². The lowest BCUT2D eigenvalue weighted by molar-refractivity contribution is 0.179. The van der Waals surface area contributed by atoms with Crippen LogP contribution in [0.3, 0.4) is 0 Å². The Kier molecular flexibility index (Phi) is 5.17. The molecule has 2 aromatic rings. The first-order valence-corrected chi connectivity index (χ1v) is 9.54. The first-order chi connectivity index (χ1) is 11.9. The second kappa shape index (κ2) is 7.19. The van der Waals surface area contributed by atoms with E-state index in [0.29, 0.717) is 26.2 Å². The first-order valence-electron chi connectivity index (χ1n) is 8.10. The fraction of sp³-hybridized carbons (Fsp3) is 0.333. The molecule has 1 saturated heterocycles. The van der Waals surface area contributed by atoms with E-state index in [9.17, 15) is 17.2 Å². The smallest absolute Gasteiger partial charge is 0.243 e. The van der Waals surface area contributed by atoms with Crippen molar-refractivity contribution in [3.05, 3.63) is 65.2 Å². The fourth-order valence-corrected chi connectivity index (χ4v) is 4.32. The lowest BCUT2D eigenvalue weighted by Gasteiger charge is -2.34. The first kappa shape index (κ1) is 18.0. The normalized spacial score (nSPS) is 16.9. The van der Waals surface area contributed by atoms with Gasteiger partial charge in [0.2, 0.25) is 10.0 Å². The minimum Gasteiger partial charge on any atom is -0.296 e. The largest absolute Gasteiger partial charge is 0.296 e. The summed E-state index contributed by atoms with van der Waals surface area (Å²) in [5, 5.41) is 0. The number of nitrogens with zero attached hydrogens (tertiary/aromatic N) is 2. The standard InChI is InChI=1S/C18H20F2N2O2S/c1-14-5-7-16(8-6-14)25(23,24)22-11-9-21(10-12-22)13-15-3-2-4-17(19)18(15)20/h2-8H,9-13H2,1H3. The van der Waals surface area contributed by atoms with E-state index in [-0.39, 0.29) is 17.0 Å². The van der Waals surface area contributed by atoms with Crippen LogP contribution < -0.4 is 0 Å². The van der Waals surface area contributed by atoms with Crippen LogP contribution in [0.4, 0.5) is 8.78 Å². The highest BCUT2D eigenvalue weighted by molar-refractivity contribution is 7.89. The summed E-state index contributed by atoms with van der Waals surface area (Å²) in [4.78, 5) is 2.21. The number of hydrogen-bond donors (Lipinski definition) is 0. The highest BCUT2D eigenvalue weighted by Crippen LogP contribution is 2.20. The molecule has 0 amide bonds. The number of aryl methyl sites for hydroxylation is 1. The van der Waals surface area contributed by atoms with E-state index in [0.717, 1.165) is 11.6 Å². The van der Waals surface area contributed by atoms with Gasteiger partial charge in [0.05, 0.1) is 4.90 Å². The van der Waals surface area contributed by atoms with Crippen molar-refractivity contribution in [3.63, 3.8) is 0 Å². The Morgan fingerprint density at radius 1 is 0.960 bits per heavy atom. The molecular formula is C18H20F2N2O2S. The third-order valence-electron chi connectivity index (χ3n) is 4.42. The van der Waals surface area contributed by atoms with Crippen LogP contribution in [-0.2, 0) is 16.6 Å². The minimum absolute atomic E-state index is 0.266. The quantitative estimate of drug-likeness (QED) is 0.836. The van der Waals surface area contributed by atoms with Gasteiger partial charge >= 0.3 is 0 Å². The zero-order valence-corrected chi connectivity index (χ0v) is 14.8. The predicted octanol–water partition coefficient (Wildman–Crippen LogP) is 2.78. The van der Waals surface area contributed by atoms with Crippen molar-refractivity contribution in [1.82, 2.24) is 9.21 Å². The maximum Gasteiger partial charge on any atom is 0.243 e. The van der Waals surface area contributed by atoms with Gasteiger partial charge < -0.3 is 0 Å². The van der Waals surface area contributed by atoms with Crippen LogP contribution in [0.5, 0.6) is 0 Å². The number of sulfonamides is 1. The van der Waals surface area contributed by atoms with Crippen molar-refractivity contribution in [1.29, 1.82) is 0 Å². The van der Waals surface area contributed by atoms with Gasteiger partial charge in [-0.25, -0.2) is 17.2 Å². The summed E-state index contributed by atoms with van der Waals surface area (Å²) in [6, 6.07) is 10.9.